The molecule has 3 rings (SSSR count). The van der Waals surface area contributed by atoms with Crippen LogP contribution in [0, 0.1) is 6.92 Å². The number of amides is 1. The van der Waals surface area contributed by atoms with Gasteiger partial charge in [-0.05, 0) is 68.5 Å². The smallest absolute Gasteiger partial charge is 0.216 e. The van der Waals surface area contributed by atoms with Gasteiger partial charge in [0.25, 0.3) is 0 Å². The molecule has 0 aliphatic rings. The van der Waals surface area contributed by atoms with Gasteiger partial charge in [0.2, 0.25) is 5.91 Å². The molecule has 2 aromatic carbocycles. The fourth-order valence-corrected chi connectivity index (χ4v) is 3.80. The molecule has 0 aliphatic heterocycles. The highest BCUT2D eigenvalue weighted by atomic mass is 35.5. The van der Waals surface area contributed by atoms with Gasteiger partial charge >= 0.3 is 0 Å². The number of para-hydroxylation sites is 2. The first-order chi connectivity index (χ1) is 15.0. The van der Waals surface area contributed by atoms with Gasteiger partial charge in [0.05, 0.1) is 17.6 Å². The lowest BCUT2D eigenvalue weighted by Gasteiger charge is -2.11. The number of ether oxygens (including phenoxy) is 1. The molecule has 0 fully saturated rings. The summed E-state index contributed by atoms with van der Waals surface area (Å²) in [6, 6.07) is 14.1. The van der Waals surface area contributed by atoms with E-state index in [-0.39, 0.29) is 5.91 Å². The van der Waals surface area contributed by atoms with Gasteiger partial charge in [0.1, 0.15) is 11.6 Å². The average molecular weight is 442 g/mol. The van der Waals surface area contributed by atoms with Gasteiger partial charge in [-0.25, -0.2) is 4.98 Å². The maximum Gasteiger partial charge on any atom is 0.216 e. The Morgan fingerprint density at radius 2 is 1.94 bits per heavy atom. The van der Waals surface area contributed by atoms with Gasteiger partial charge in [0.15, 0.2) is 0 Å². The number of rotatable bonds is 12. The van der Waals surface area contributed by atoms with E-state index in [0.29, 0.717) is 6.61 Å². The number of nitrogens with zero attached hydrogens (tertiary/aromatic N) is 2. The summed E-state index contributed by atoms with van der Waals surface area (Å²) in [7, 11) is 0. The Hall–Kier alpha value is -2.53. The predicted octanol–water partition coefficient (Wildman–Crippen LogP) is 5.71. The van der Waals surface area contributed by atoms with E-state index in [1.54, 1.807) is 6.92 Å². The van der Waals surface area contributed by atoms with E-state index in [1.165, 1.54) is 5.52 Å². The normalized spacial score (nSPS) is 11.1. The third kappa shape index (κ3) is 7.00. The number of hydrogen-bond donors (Lipinski definition) is 1. The van der Waals surface area contributed by atoms with Gasteiger partial charge < -0.3 is 14.6 Å². The van der Waals surface area contributed by atoms with E-state index < -0.39 is 0 Å². The second kappa shape index (κ2) is 11.8. The maximum absolute atomic E-state index is 11.0. The third-order valence-electron chi connectivity index (χ3n) is 5.36. The van der Waals surface area contributed by atoms with Crippen LogP contribution >= 0.6 is 11.6 Å². The van der Waals surface area contributed by atoms with Crippen molar-refractivity contribution >= 4 is 28.5 Å². The number of aromatic nitrogens is 2. The number of aryl methyl sites for hydroxylation is 3. The molecular weight excluding hydrogens is 410 g/mol. The van der Waals surface area contributed by atoms with Crippen molar-refractivity contribution in [3.05, 3.63) is 58.9 Å². The number of halogens is 1. The molecule has 1 heterocycles. The molecule has 0 unspecified atom stereocenters. The van der Waals surface area contributed by atoms with Crippen LogP contribution in [0.5, 0.6) is 5.75 Å². The summed E-state index contributed by atoms with van der Waals surface area (Å²) in [5, 5.41) is 3.62. The molecule has 5 nitrogen and oxygen atoms in total. The molecule has 0 saturated heterocycles. The number of unbranched alkanes of at least 4 members (excludes halogenated alkanes) is 3. The molecule has 1 amide bonds. The first-order valence-electron chi connectivity index (χ1n) is 11.1. The van der Waals surface area contributed by atoms with Gasteiger partial charge in [-0.2, -0.15) is 0 Å². The van der Waals surface area contributed by atoms with E-state index in [9.17, 15) is 4.79 Å². The van der Waals surface area contributed by atoms with E-state index in [2.05, 4.69) is 28.1 Å². The molecule has 31 heavy (non-hydrogen) atoms. The Morgan fingerprint density at radius 1 is 1.10 bits per heavy atom. The van der Waals surface area contributed by atoms with Crippen LogP contribution in [0.3, 0.4) is 0 Å². The summed E-state index contributed by atoms with van der Waals surface area (Å²) in [4.78, 5) is 15.8. The van der Waals surface area contributed by atoms with E-state index in [0.717, 1.165) is 79.3 Å². The average Bonchev–Trinajstić information content (AvgIpc) is 3.10. The van der Waals surface area contributed by atoms with Crippen molar-refractivity contribution in [1.82, 2.24) is 14.9 Å². The van der Waals surface area contributed by atoms with Crippen molar-refractivity contribution in [2.24, 2.45) is 0 Å². The minimum atomic E-state index is 0.0389. The Bertz CT molecular complexity index is 1000. The van der Waals surface area contributed by atoms with Crippen molar-refractivity contribution in [2.75, 3.05) is 13.2 Å². The second-order valence-electron chi connectivity index (χ2n) is 7.93. The molecule has 6 heteroatoms. The topological polar surface area (TPSA) is 56.2 Å². The standard InChI is InChI=1S/C25H32ClN3O2/c1-19-18-21(13-14-22(19)26)31-17-9-8-16-29-24-11-6-5-10-23(24)28-25(29)12-4-3-7-15-27-20(2)30/h5-6,10-11,13-14,18H,3-4,7-9,12,15-17H2,1-2H3,(H,27,30). The molecule has 166 valence electrons. The molecule has 0 atom stereocenters. The number of imidazole rings is 1. The zero-order chi connectivity index (χ0) is 22.1. The van der Waals surface area contributed by atoms with Crippen molar-refractivity contribution in [3.8, 4) is 5.75 Å². The van der Waals surface area contributed by atoms with Crippen LogP contribution < -0.4 is 10.1 Å². The van der Waals surface area contributed by atoms with E-state index in [4.69, 9.17) is 21.3 Å². The summed E-state index contributed by atoms with van der Waals surface area (Å²) in [5.41, 5.74) is 3.29. The van der Waals surface area contributed by atoms with Crippen molar-refractivity contribution in [1.29, 1.82) is 0 Å². The number of carbonyl (C=O) groups excluding carboxylic acids is 1. The van der Waals surface area contributed by atoms with Crippen LogP contribution in [0.1, 0.15) is 50.4 Å². The second-order valence-corrected chi connectivity index (χ2v) is 8.34. The Labute approximate surface area is 189 Å². The largest absolute Gasteiger partial charge is 0.494 e. The quantitative estimate of drug-likeness (QED) is 0.366. The van der Waals surface area contributed by atoms with Crippen LogP contribution in [0.2, 0.25) is 5.02 Å². The van der Waals surface area contributed by atoms with Crippen molar-refractivity contribution < 1.29 is 9.53 Å². The van der Waals surface area contributed by atoms with Crippen LogP contribution in [-0.2, 0) is 17.8 Å². The number of nitrogens with one attached hydrogen (secondary N) is 1. The third-order valence-corrected chi connectivity index (χ3v) is 5.78. The summed E-state index contributed by atoms with van der Waals surface area (Å²) >= 11 is 6.08. The van der Waals surface area contributed by atoms with Crippen LogP contribution in [0.15, 0.2) is 42.5 Å². The zero-order valence-corrected chi connectivity index (χ0v) is 19.3. The highest BCUT2D eigenvalue weighted by Crippen LogP contribution is 2.22. The number of benzene rings is 2. The minimum Gasteiger partial charge on any atom is -0.494 e. The molecule has 0 spiro atoms. The summed E-state index contributed by atoms with van der Waals surface area (Å²) in [5.74, 6) is 2.06. The fourth-order valence-electron chi connectivity index (χ4n) is 3.68. The van der Waals surface area contributed by atoms with Gasteiger partial charge in [-0.3, -0.25) is 4.79 Å². The molecule has 0 aliphatic carbocycles. The van der Waals surface area contributed by atoms with Crippen LogP contribution in [-0.4, -0.2) is 28.6 Å². The molecular formula is C25H32ClN3O2. The molecule has 1 N–H and O–H groups in total. The Balaban J connectivity index is 1.49. The highest BCUT2D eigenvalue weighted by Gasteiger charge is 2.10. The summed E-state index contributed by atoms with van der Waals surface area (Å²) in [6.07, 6.45) is 6.11. The SMILES string of the molecule is CC(=O)NCCCCCc1nc2ccccc2n1CCCCOc1ccc(Cl)c(C)c1. The van der Waals surface area contributed by atoms with Crippen molar-refractivity contribution in [3.63, 3.8) is 0 Å². The lowest BCUT2D eigenvalue weighted by Crippen LogP contribution is -2.20. The first kappa shape index (κ1) is 23.1. The molecule has 1 aromatic heterocycles. The molecule has 0 radical (unpaired) electrons. The maximum atomic E-state index is 11.0. The molecule has 0 saturated carbocycles. The van der Waals surface area contributed by atoms with E-state index in [1.807, 2.05) is 31.2 Å². The lowest BCUT2D eigenvalue weighted by molar-refractivity contribution is -0.118. The number of fused-ring (bicyclic) bond motifs is 1. The molecule has 3 aromatic rings. The zero-order valence-electron chi connectivity index (χ0n) is 18.5. The minimum absolute atomic E-state index is 0.0389. The lowest BCUT2D eigenvalue weighted by atomic mass is 10.2. The number of hydrogen-bond acceptors (Lipinski definition) is 3. The Kier molecular flexibility index (Phi) is 8.77. The van der Waals surface area contributed by atoms with E-state index >= 15 is 0 Å². The number of carbonyl (C=O) groups is 1. The Morgan fingerprint density at radius 3 is 2.74 bits per heavy atom. The fraction of sp³-hybridized carbons (Fsp3) is 0.440. The summed E-state index contributed by atoms with van der Waals surface area (Å²) < 4.78 is 8.24. The first-order valence-corrected chi connectivity index (χ1v) is 11.5. The van der Waals surface area contributed by atoms with Gasteiger partial charge in [0, 0.05) is 31.5 Å². The monoisotopic (exact) mass is 441 g/mol. The van der Waals surface area contributed by atoms with Gasteiger partial charge in [-0.15, -0.1) is 0 Å². The van der Waals surface area contributed by atoms with Gasteiger partial charge in [-0.1, -0.05) is 30.2 Å². The highest BCUT2D eigenvalue weighted by molar-refractivity contribution is 6.31. The van der Waals surface area contributed by atoms with Crippen LogP contribution in [0.25, 0.3) is 11.0 Å². The van der Waals surface area contributed by atoms with Crippen molar-refractivity contribution in [2.45, 2.75) is 58.9 Å². The predicted molar refractivity (Wildman–Crippen MR) is 127 cm³/mol. The van der Waals surface area contributed by atoms with Crippen LogP contribution in [0.4, 0.5) is 0 Å². The molecule has 0 bridgehead atoms. The summed E-state index contributed by atoms with van der Waals surface area (Å²) in [6.45, 7) is 5.92.